The third-order valence-corrected chi connectivity index (χ3v) is 6.58. The molecule has 4 nitrogen and oxygen atoms in total. The van der Waals surface area contributed by atoms with Crippen LogP contribution in [0.3, 0.4) is 0 Å². The molecule has 0 bridgehead atoms. The smallest absolute Gasteiger partial charge is 0.245 e. The van der Waals surface area contributed by atoms with Gasteiger partial charge in [0.25, 0.3) is 0 Å². The largest absolute Gasteiger partial charge is 0.492 e. The fourth-order valence-corrected chi connectivity index (χ4v) is 4.43. The first kappa shape index (κ1) is 25.5. The number of rotatable bonds is 11. The standard InChI is InChI=1S/C32H36N2O2/c1-34(2)30(35)17-10-22-33-23-24-36-29-20-18-28(19-21-29)32(26-13-7-4-8-14-26)31(27-15-9-16-27)25-11-5-3-6-12-25/h3-8,10-14,17-21,27,33H,9,15-16,22-24H2,1-2H3/b17-10+,32-31+. The van der Waals surface area contributed by atoms with Gasteiger partial charge in [-0.25, -0.2) is 0 Å². The van der Waals surface area contributed by atoms with Gasteiger partial charge in [-0.05, 0) is 58.7 Å². The average molecular weight is 481 g/mol. The molecule has 0 atom stereocenters. The summed E-state index contributed by atoms with van der Waals surface area (Å²) in [5.41, 5.74) is 6.55. The lowest BCUT2D eigenvalue weighted by atomic mass is 9.73. The molecule has 0 saturated heterocycles. The fraction of sp³-hybridized carbons (Fsp3) is 0.281. The molecule has 4 rings (SSSR count). The van der Waals surface area contributed by atoms with E-state index in [1.54, 1.807) is 25.1 Å². The Morgan fingerprint density at radius 1 is 0.889 bits per heavy atom. The van der Waals surface area contributed by atoms with Crippen molar-refractivity contribution in [2.45, 2.75) is 19.3 Å². The van der Waals surface area contributed by atoms with Crippen molar-refractivity contribution < 1.29 is 9.53 Å². The third kappa shape index (κ3) is 6.73. The van der Waals surface area contributed by atoms with Gasteiger partial charge < -0.3 is 15.0 Å². The zero-order chi connectivity index (χ0) is 25.2. The Bertz CT molecular complexity index is 1160. The number of nitrogens with one attached hydrogen (secondary N) is 1. The number of allylic oxidation sites excluding steroid dienone is 1. The van der Waals surface area contributed by atoms with Crippen molar-refractivity contribution in [1.82, 2.24) is 10.2 Å². The second kappa shape index (κ2) is 12.9. The van der Waals surface area contributed by atoms with Crippen LogP contribution in [0.2, 0.25) is 0 Å². The summed E-state index contributed by atoms with van der Waals surface area (Å²) in [7, 11) is 3.49. The summed E-state index contributed by atoms with van der Waals surface area (Å²) in [4.78, 5) is 13.1. The van der Waals surface area contributed by atoms with E-state index in [2.05, 4.69) is 90.2 Å². The van der Waals surface area contributed by atoms with Gasteiger partial charge in [-0.3, -0.25) is 4.79 Å². The van der Waals surface area contributed by atoms with Gasteiger partial charge in [-0.15, -0.1) is 0 Å². The van der Waals surface area contributed by atoms with Crippen LogP contribution in [-0.2, 0) is 4.79 Å². The number of hydrogen-bond acceptors (Lipinski definition) is 3. The predicted molar refractivity (Wildman–Crippen MR) is 149 cm³/mol. The molecule has 1 saturated carbocycles. The fourth-order valence-electron chi connectivity index (χ4n) is 4.43. The van der Waals surface area contributed by atoms with E-state index in [4.69, 9.17) is 4.74 Å². The maximum Gasteiger partial charge on any atom is 0.245 e. The van der Waals surface area contributed by atoms with Crippen molar-refractivity contribution in [3.05, 3.63) is 114 Å². The second-order valence-corrected chi connectivity index (χ2v) is 9.36. The minimum Gasteiger partial charge on any atom is -0.492 e. The van der Waals surface area contributed by atoms with Gasteiger partial charge in [0.1, 0.15) is 12.4 Å². The monoisotopic (exact) mass is 480 g/mol. The van der Waals surface area contributed by atoms with Gasteiger partial charge in [0.2, 0.25) is 5.91 Å². The van der Waals surface area contributed by atoms with E-state index in [9.17, 15) is 4.79 Å². The van der Waals surface area contributed by atoms with Gasteiger partial charge >= 0.3 is 0 Å². The van der Waals surface area contributed by atoms with Crippen LogP contribution in [0.25, 0.3) is 11.1 Å². The number of benzene rings is 3. The number of likely N-dealkylation sites (N-methyl/N-ethyl adjacent to an activating group) is 1. The van der Waals surface area contributed by atoms with Crippen molar-refractivity contribution in [1.29, 1.82) is 0 Å². The molecule has 3 aromatic rings. The van der Waals surface area contributed by atoms with Gasteiger partial charge in [0, 0.05) is 33.3 Å². The topological polar surface area (TPSA) is 41.6 Å². The van der Waals surface area contributed by atoms with Crippen molar-refractivity contribution in [2.75, 3.05) is 33.8 Å². The molecule has 0 spiro atoms. The molecule has 36 heavy (non-hydrogen) atoms. The number of carbonyl (C=O) groups is 1. The molecule has 186 valence electrons. The molecule has 4 heteroatoms. The van der Waals surface area contributed by atoms with E-state index in [0.717, 1.165) is 5.75 Å². The van der Waals surface area contributed by atoms with Crippen LogP contribution in [0, 0.1) is 5.92 Å². The van der Waals surface area contributed by atoms with Crippen LogP contribution in [0.1, 0.15) is 36.0 Å². The molecule has 1 N–H and O–H groups in total. The first-order valence-corrected chi connectivity index (χ1v) is 12.8. The quantitative estimate of drug-likeness (QED) is 0.206. The van der Waals surface area contributed by atoms with Gasteiger partial charge in [0.05, 0.1) is 0 Å². The zero-order valence-electron chi connectivity index (χ0n) is 21.3. The lowest BCUT2D eigenvalue weighted by molar-refractivity contribution is -0.123. The first-order chi connectivity index (χ1) is 17.6. The van der Waals surface area contributed by atoms with Crippen LogP contribution >= 0.6 is 0 Å². The molecule has 1 fully saturated rings. The van der Waals surface area contributed by atoms with E-state index < -0.39 is 0 Å². The van der Waals surface area contributed by atoms with Crippen LogP contribution in [0.4, 0.5) is 0 Å². The Morgan fingerprint density at radius 2 is 1.50 bits per heavy atom. The Labute approximate surface area is 215 Å². The molecule has 3 aromatic carbocycles. The normalized spacial score (nSPS) is 14.3. The summed E-state index contributed by atoms with van der Waals surface area (Å²) in [6, 6.07) is 30.1. The molecular formula is C32H36N2O2. The van der Waals surface area contributed by atoms with Crippen LogP contribution in [-0.4, -0.2) is 44.6 Å². The summed E-state index contributed by atoms with van der Waals surface area (Å²) in [5.74, 6) is 1.44. The van der Waals surface area contributed by atoms with Crippen molar-refractivity contribution in [3.8, 4) is 5.75 Å². The lowest BCUT2D eigenvalue weighted by Gasteiger charge is -2.31. The average Bonchev–Trinajstić information content (AvgIpc) is 2.88. The molecule has 0 radical (unpaired) electrons. The van der Waals surface area contributed by atoms with Crippen LogP contribution in [0.5, 0.6) is 5.75 Å². The zero-order valence-corrected chi connectivity index (χ0v) is 21.3. The summed E-state index contributed by atoms with van der Waals surface area (Å²) in [5, 5.41) is 3.27. The number of hydrogen-bond donors (Lipinski definition) is 1. The number of carbonyl (C=O) groups excluding carboxylic acids is 1. The highest BCUT2D eigenvalue weighted by Crippen LogP contribution is 2.45. The second-order valence-electron chi connectivity index (χ2n) is 9.36. The van der Waals surface area contributed by atoms with E-state index in [-0.39, 0.29) is 5.91 Å². The van der Waals surface area contributed by atoms with Gasteiger partial charge in [-0.1, -0.05) is 85.3 Å². The first-order valence-electron chi connectivity index (χ1n) is 12.8. The summed E-state index contributed by atoms with van der Waals surface area (Å²) in [6.07, 6.45) is 7.20. The highest BCUT2D eigenvalue weighted by Gasteiger charge is 2.27. The summed E-state index contributed by atoms with van der Waals surface area (Å²) in [6.45, 7) is 1.90. The highest BCUT2D eigenvalue weighted by atomic mass is 16.5. The molecular weight excluding hydrogens is 444 g/mol. The lowest BCUT2D eigenvalue weighted by Crippen LogP contribution is -2.22. The van der Waals surface area contributed by atoms with Crippen molar-refractivity contribution in [2.24, 2.45) is 5.92 Å². The van der Waals surface area contributed by atoms with E-state index >= 15 is 0 Å². The SMILES string of the molecule is CN(C)C(=O)/C=C/CNCCOc1ccc(/C(=C(\c2ccccc2)C2CCC2)c2ccccc2)cc1. The van der Waals surface area contributed by atoms with E-state index in [1.165, 1.54) is 47.1 Å². The summed E-state index contributed by atoms with van der Waals surface area (Å²) >= 11 is 0. The van der Waals surface area contributed by atoms with Crippen molar-refractivity contribution >= 4 is 17.1 Å². The Balaban J connectivity index is 1.48. The molecule has 1 amide bonds. The number of amides is 1. The molecule has 0 unspecified atom stereocenters. The molecule has 1 aliphatic rings. The van der Waals surface area contributed by atoms with Crippen LogP contribution < -0.4 is 10.1 Å². The van der Waals surface area contributed by atoms with Crippen LogP contribution in [0.15, 0.2) is 97.1 Å². The molecule has 0 heterocycles. The third-order valence-electron chi connectivity index (χ3n) is 6.58. The Hall–Kier alpha value is -3.63. The summed E-state index contributed by atoms with van der Waals surface area (Å²) < 4.78 is 5.96. The maximum atomic E-state index is 11.5. The number of ether oxygens (including phenoxy) is 1. The minimum atomic E-state index is -0.00945. The van der Waals surface area contributed by atoms with E-state index in [0.29, 0.717) is 25.6 Å². The minimum absolute atomic E-state index is 0.00945. The predicted octanol–water partition coefficient (Wildman–Crippen LogP) is 6.06. The van der Waals surface area contributed by atoms with E-state index in [1.807, 2.05) is 6.08 Å². The Morgan fingerprint density at radius 3 is 2.08 bits per heavy atom. The molecule has 0 aliphatic heterocycles. The van der Waals surface area contributed by atoms with Crippen molar-refractivity contribution in [3.63, 3.8) is 0 Å². The maximum absolute atomic E-state index is 11.5. The molecule has 0 aromatic heterocycles. The van der Waals surface area contributed by atoms with Gasteiger partial charge in [0.15, 0.2) is 0 Å². The Kier molecular flexibility index (Phi) is 9.12. The number of nitrogens with zero attached hydrogens (tertiary/aromatic N) is 1. The van der Waals surface area contributed by atoms with Gasteiger partial charge in [-0.2, -0.15) is 0 Å². The molecule has 1 aliphatic carbocycles. The highest BCUT2D eigenvalue weighted by molar-refractivity contribution is 5.99.